The van der Waals surface area contributed by atoms with Crippen molar-refractivity contribution in [2.24, 2.45) is 0 Å². The van der Waals surface area contributed by atoms with Crippen molar-refractivity contribution in [2.45, 2.75) is 6.10 Å². The summed E-state index contributed by atoms with van der Waals surface area (Å²) in [6, 6.07) is 2.83. The number of hydrogen-bond donors (Lipinski definition) is 1. The van der Waals surface area contributed by atoms with Gasteiger partial charge in [-0.1, -0.05) is 17.7 Å². The third-order valence-electron chi connectivity index (χ3n) is 1.60. The fourth-order valence-electron chi connectivity index (χ4n) is 0.932. The third-order valence-corrected chi connectivity index (χ3v) is 3.22. The van der Waals surface area contributed by atoms with Gasteiger partial charge < -0.3 is 5.11 Å². The molecule has 0 aliphatic rings. The first kappa shape index (κ1) is 10.9. The van der Waals surface area contributed by atoms with Crippen molar-refractivity contribution in [1.29, 1.82) is 0 Å². The zero-order valence-corrected chi connectivity index (χ0v) is 9.51. The van der Waals surface area contributed by atoms with Gasteiger partial charge in [0.05, 0.1) is 5.02 Å². The van der Waals surface area contributed by atoms with Gasteiger partial charge in [0.2, 0.25) is 0 Å². The second kappa shape index (κ2) is 4.39. The molecule has 1 rings (SSSR count). The van der Waals surface area contributed by atoms with Gasteiger partial charge in [0, 0.05) is 9.13 Å². The Morgan fingerprint density at radius 3 is 2.77 bits per heavy atom. The van der Waals surface area contributed by atoms with Crippen LogP contribution in [0.25, 0.3) is 0 Å². The predicted octanol–water partition coefficient (Wildman–Crippen LogP) is 3.30. The maximum atomic E-state index is 13.2. The van der Waals surface area contributed by atoms with E-state index in [1.165, 1.54) is 12.1 Å². The molecule has 0 amide bonds. The maximum absolute atomic E-state index is 13.2. The average Bonchev–Trinajstić information content (AvgIpc) is 2.12. The first-order chi connectivity index (χ1) is 6.07. The fraction of sp³-hybridized carbons (Fsp3) is 0.111. The van der Waals surface area contributed by atoms with Crippen LogP contribution in [-0.4, -0.2) is 5.11 Å². The van der Waals surface area contributed by atoms with Gasteiger partial charge in [-0.25, -0.2) is 4.39 Å². The molecule has 0 saturated heterocycles. The van der Waals surface area contributed by atoms with E-state index >= 15 is 0 Å². The van der Waals surface area contributed by atoms with Crippen molar-refractivity contribution in [3.05, 3.63) is 44.8 Å². The molecular formula is C9H7ClFIO. The first-order valence-corrected chi connectivity index (χ1v) is 4.97. The minimum atomic E-state index is -1.05. The Balaban J connectivity index is 3.32. The Morgan fingerprint density at radius 2 is 2.23 bits per heavy atom. The van der Waals surface area contributed by atoms with Crippen LogP contribution in [0.15, 0.2) is 24.8 Å². The van der Waals surface area contributed by atoms with Crippen molar-refractivity contribution in [3.8, 4) is 0 Å². The molecule has 0 aromatic heterocycles. The lowest BCUT2D eigenvalue weighted by Crippen LogP contribution is -1.99. The molecule has 1 aromatic carbocycles. The molecule has 70 valence electrons. The van der Waals surface area contributed by atoms with Crippen molar-refractivity contribution >= 4 is 34.2 Å². The van der Waals surface area contributed by atoms with E-state index in [9.17, 15) is 9.50 Å². The van der Waals surface area contributed by atoms with Crippen LogP contribution in [0.3, 0.4) is 0 Å². The Hall–Kier alpha value is -0.130. The smallest absolute Gasteiger partial charge is 0.130 e. The van der Waals surface area contributed by atoms with Crippen LogP contribution in [0.5, 0.6) is 0 Å². The van der Waals surface area contributed by atoms with E-state index in [1.807, 2.05) is 22.6 Å². The maximum Gasteiger partial charge on any atom is 0.130 e. The van der Waals surface area contributed by atoms with E-state index in [1.54, 1.807) is 6.07 Å². The molecule has 0 heterocycles. The Morgan fingerprint density at radius 1 is 1.62 bits per heavy atom. The van der Waals surface area contributed by atoms with Gasteiger partial charge in [0.15, 0.2) is 0 Å². The molecule has 0 saturated carbocycles. The molecule has 1 nitrogen and oxygen atoms in total. The molecule has 1 N–H and O–H groups in total. The standard InChI is InChI=1S/C9H7ClFIO/c1-2-7(13)8-5(11)3-4-6(12)9(8)10/h2-4,7,13H,1H2. The summed E-state index contributed by atoms with van der Waals surface area (Å²) in [6.07, 6.45) is 0.183. The minimum absolute atomic E-state index is 0.0866. The Labute approximate surface area is 94.4 Å². The predicted molar refractivity (Wildman–Crippen MR) is 59.3 cm³/mol. The Bertz CT molecular complexity index is 341. The molecule has 1 unspecified atom stereocenters. The van der Waals surface area contributed by atoms with Crippen LogP contribution in [-0.2, 0) is 0 Å². The van der Waals surface area contributed by atoms with Gasteiger partial charge >= 0.3 is 0 Å². The normalized spacial score (nSPS) is 12.6. The van der Waals surface area contributed by atoms with Crippen molar-refractivity contribution in [2.75, 3.05) is 0 Å². The summed E-state index contributed by atoms with van der Waals surface area (Å²) in [5.41, 5.74) is 0.0866. The van der Waals surface area contributed by atoms with E-state index in [2.05, 4.69) is 6.58 Å². The summed E-state index contributed by atoms with van der Waals surface area (Å²) in [6.45, 7) is 3.37. The van der Waals surface area contributed by atoms with Gasteiger partial charge in [-0.3, -0.25) is 0 Å². The topological polar surface area (TPSA) is 20.2 Å². The van der Waals surface area contributed by atoms with E-state index in [4.69, 9.17) is 11.6 Å². The number of aliphatic hydroxyl groups excluding tert-OH is 1. The van der Waals surface area contributed by atoms with E-state index < -0.39 is 11.9 Å². The molecule has 1 aromatic rings. The molecular weight excluding hydrogens is 305 g/mol. The van der Waals surface area contributed by atoms with E-state index in [0.717, 1.165) is 0 Å². The number of aliphatic hydroxyl groups is 1. The van der Waals surface area contributed by atoms with Crippen molar-refractivity contribution in [3.63, 3.8) is 0 Å². The highest BCUT2D eigenvalue weighted by Crippen LogP contribution is 2.30. The highest BCUT2D eigenvalue weighted by Gasteiger charge is 2.15. The van der Waals surface area contributed by atoms with Crippen LogP contribution in [0.1, 0.15) is 11.7 Å². The number of rotatable bonds is 2. The largest absolute Gasteiger partial charge is 0.384 e. The average molecular weight is 313 g/mol. The van der Waals surface area contributed by atoms with E-state index in [0.29, 0.717) is 3.57 Å². The summed E-state index contributed by atoms with van der Waals surface area (Å²) in [5.74, 6) is -0.516. The molecule has 1 atom stereocenters. The molecule has 0 aliphatic heterocycles. The molecule has 13 heavy (non-hydrogen) atoms. The lowest BCUT2D eigenvalue weighted by atomic mass is 10.1. The van der Waals surface area contributed by atoms with Gasteiger partial charge in [-0.05, 0) is 34.7 Å². The molecule has 0 radical (unpaired) electrons. The lowest BCUT2D eigenvalue weighted by molar-refractivity contribution is 0.223. The third kappa shape index (κ3) is 2.21. The molecule has 4 heteroatoms. The van der Waals surface area contributed by atoms with Crippen LogP contribution >= 0.6 is 34.2 Å². The zero-order valence-electron chi connectivity index (χ0n) is 6.60. The molecule has 0 fully saturated rings. The second-order valence-corrected chi connectivity index (χ2v) is 3.98. The first-order valence-electron chi connectivity index (χ1n) is 3.52. The molecule has 0 bridgehead atoms. The highest BCUT2D eigenvalue weighted by molar-refractivity contribution is 14.1. The summed E-state index contributed by atoms with van der Waals surface area (Å²) in [4.78, 5) is 0. The number of halogens is 3. The molecule has 0 spiro atoms. The van der Waals surface area contributed by atoms with Crippen LogP contribution in [0.2, 0.25) is 5.02 Å². The summed E-state index contributed by atoms with van der Waals surface area (Å²) in [5, 5.41) is 9.61. The van der Waals surface area contributed by atoms with Crippen LogP contribution in [0.4, 0.5) is 4.39 Å². The number of benzene rings is 1. The van der Waals surface area contributed by atoms with Crippen LogP contribution in [0, 0.1) is 9.39 Å². The highest BCUT2D eigenvalue weighted by atomic mass is 127. The van der Waals surface area contributed by atoms with Gasteiger partial charge in [0.1, 0.15) is 11.9 Å². The summed E-state index contributed by atoms with van der Waals surface area (Å²) >= 11 is 7.79. The Kier molecular flexibility index (Phi) is 3.70. The van der Waals surface area contributed by atoms with Gasteiger partial charge in [-0.15, -0.1) is 6.58 Å². The van der Waals surface area contributed by atoms with Crippen molar-refractivity contribution < 1.29 is 9.50 Å². The SMILES string of the molecule is C=CC(O)c1c(F)ccc(I)c1Cl. The zero-order chi connectivity index (χ0) is 10.0. The monoisotopic (exact) mass is 312 g/mol. The number of hydrogen-bond acceptors (Lipinski definition) is 1. The van der Waals surface area contributed by atoms with Gasteiger partial charge in [0.25, 0.3) is 0 Å². The quantitative estimate of drug-likeness (QED) is 0.505. The van der Waals surface area contributed by atoms with Gasteiger partial charge in [-0.2, -0.15) is 0 Å². The minimum Gasteiger partial charge on any atom is -0.384 e. The van der Waals surface area contributed by atoms with Crippen molar-refractivity contribution in [1.82, 2.24) is 0 Å². The lowest BCUT2D eigenvalue weighted by Gasteiger charge is -2.10. The summed E-state index contributed by atoms with van der Waals surface area (Å²) < 4.78 is 13.9. The summed E-state index contributed by atoms with van der Waals surface area (Å²) in [7, 11) is 0. The molecule has 0 aliphatic carbocycles. The van der Waals surface area contributed by atoms with Crippen LogP contribution < -0.4 is 0 Å². The second-order valence-electron chi connectivity index (χ2n) is 2.44. The van der Waals surface area contributed by atoms with E-state index in [-0.39, 0.29) is 10.6 Å². The fourth-order valence-corrected chi connectivity index (χ4v) is 1.67.